The van der Waals surface area contributed by atoms with Gasteiger partial charge in [0, 0.05) is 118 Å². The van der Waals surface area contributed by atoms with Gasteiger partial charge in [0.15, 0.2) is 5.52 Å². The molecular weight excluding hydrogens is 1200 g/mol. The number of aromatic nitrogens is 15. The molecule has 5 N–H and O–H groups in total. The van der Waals surface area contributed by atoms with Crippen molar-refractivity contribution >= 4 is 90.6 Å². The summed E-state index contributed by atoms with van der Waals surface area (Å²) in [6.07, 6.45) is 0. The van der Waals surface area contributed by atoms with Gasteiger partial charge in [-0.1, -0.05) is 0 Å². The summed E-state index contributed by atoms with van der Waals surface area (Å²) >= 11 is 5.41. The fourth-order valence-corrected chi connectivity index (χ4v) is 7.47. The van der Waals surface area contributed by atoms with E-state index in [1.165, 1.54) is 42.5 Å². The van der Waals surface area contributed by atoms with Crippen molar-refractivity contribution in [1.82, 2.24) is 60.1 Å². The van der Waals surface area contributed by atoms with Gasteiger partial charge in [0.2, 0.25) is 5.10 Å². The summed E-state index contributed by atoms with van der Waals surface area (Å²) in [6, 6.07) is 20.7. The van der Waals surface area contributed by atoms with Crippen LogP contribution in [-0.4, -0.2) is 182 Å². The zero-order chi connectivity index (χ0) is 64.7. The first kappa shape index (κ1) is 68.0. The number of rotatable bonds is 20. The molecular formula is C53H64ClF3N22O10. The van der Waals surface area contributed by atoms with Crippen LogP contribution in [-0.2, 0) is 9.47 Å². The number of likely N-dealkylation sites (N-methyl/N-ethyl adjacent to an activating group) is 3. The second-order valence-corrected chi connectivity index (χ2v) is 19.6. The largest absolute Gasteiger partial charge is 0.739 e. The molecule has 474 valence electrons. The van der Waals surface area contributed by atoms with E-state index in [9.17, 15) is 44.4 Å². The van der Waals surface area contributed by atoms with Crippen molar-refractivity contribution < 1.29 is 61.1 Å². The van der Waals surface area contributed by atoms with Crippen LogP contribution in [0.4, 0.5) is 37.0 Å². The number of benzene rings is 5. The summed E-state index contributed by atoms with van der Waals surface area (Å²) in [5, 5.41) is 96.6. The zero-order valence-electron chi connectivity index (χ0n) is 49.5. The Labute approximate surface area is 510 Å². The summed E-state index contributed by atoms with van der Waals surface area (Å²) in [7, 11) is 14.8. The van der Waals surface area contributed by atoms with E-state index in [2.05, 4.69) is 61.4 Å². The van der Waals surface area contributed by atoms with Gasteiger partial charge in [0.25, 0.3) is 50.7 Å². The molecule has 10 rings (SSSR count). The first-order chi connectivity index (χ1) is 42.5. The summed E-state index contributed by atoms with van der Waals surface area (Å²) in [5.74, 6) is 0.0558. The average Bonchev–Trinajstić information content (AvgIpc) is 2.77. The molecule has 0 radical (unpaired) electrons. The third kappa shape index (κ3) is 20.8. The van der Waals surface area contributed by atoms with E-state index in [1.807, 2.05) is 57.0 Å². The average molecular weight is 1260 g/mol. The Balaban J connectivity index is 0.000000180. The Morgan fingerprint density at radius 1 is 0.449 bits per heavy atom. The van der Waals surface area contributed by atoms with Crippen LogP contribution in [0, 0.1) is 48.7 Å². The van der Waals surface area contributed by atoms with Gasteiger partial charge in [0.1, 0.15) is 64.2 Å². The fraction of sp³-hybridized carbons (Fsp3) is 0.340. The molecule has 0 saturated heterocycles. The van der Waals surface area contributed by atoms with E-state index in [1.54, 1.807) is 38.5 Å². The molecule has 0 saturated carbocycles. The van der Waals surface area contributed by atoms with E-state index < -0.39 is 17.5 Å². The van der Waals surface area contributed by atoms with Gasteiger partial charge >= 0.3 is 5.95 Å². The van der Waals surface area contributed by atoms with Crippen LogP contribution in [0.15, 0.2) is 91.0 Å². The van der Waals surface area contributed by atoms with Gasteiger partial charge < -0.3 is 81.3 Å². The van der Waals surface area contributed by atoms with Crippen LogP contribution in [0.25, 0.3) is 55.2 Å². The normalized spacial score (nSPS) is 11.0. The number of fused-ring (bicyclic) bond motifs is 5. The van der Waals surface area contributed by atoms with Gasteiger partial charge in [-0.05, 0) is 104 Å². The molecule has 0 aliphatic carbocycles. The Kier molecular flexibility index (Phi) is 25.4. The van der Waals surface area contributed by atoms with E-state index in [0.717, 1.165) is 37.4 Å². The molecule has 0 fully saturated rings. The number of nitrogens with two attached hydrogens (primary N) is 1. The van der Waals surface area contributed by atoms with Gasteiger partial charge in [-0.15, -0.1) is 0 Å². The summed E-state index contributed by atoms with van der Waals surface area (Å²) in [4.78, 5) is 23.9. The highest BCUT2D eigenvalue weighted by Crippen LogP contribution is 2.19. The van der Waals surface area contributed by atoms with Crippen molar-refractivity contribution in [2.75, 3.05) is 144 Å². The van der Waals surface area contributed by atoms with E-state index in [4.69, 9.17) is 36.3 Å². The number of nitrogen functional groups attached to an aromatic ring is 1. The Hall–Kier alpha value is -10.1. The highest BCUT2D eigenvalue weighted by Gasteiger charge is 2.21. The summed E-state index contributed by atoms with van der Waals surface area (Å²) in [6.45, 7) is 5.80. The van der Waals surface area contributed by atoms with Crippen LogP contribution in [0.3, 0.4) is 0 Å². The first-order valence-corrected chi connectivity index (χ1v) is 27.0. The van der Waals surface area contributed by atoms with E-state index >= 15 is 0 Å². The minimum absolute atomic E-state index is 0.0385. The molecule has 36 heteroatoms. The van der Waals surface area contributed by atoms with E-state index in [0.29, 0.717) is 110 Å². The number of halogens is 4. The van der Waals surface area contributed by atoms with Gasteiger partial charge in [-0.2, -0.15) is 0 Å². The topological polar surface area (TPSA) is 386 Å². The number of nitrogens with one attached hydrogen (secondary N) is 3. The number of hydrogen-bond acceptors (Lipinski definition) is 26. The number of ether oxygens (including phenoxy) is 4. The lowest BCUT2D eigenvalue weighted by Gasteiger charge is -2.12. The van der Waals surface area contributed by atoms with Gasteiger partial charge in [-0.3, -0.25) is 5.32 Å². The number of hydrogen-bond donors (Lipinski definition) is 4. The molecule has 0 atom stereocenters. The molecule has 32 nitrogen and oxygen atoms in total. The second-order valence-electron chi connectivity index (χ2n) is 19.3. The molecule has 0 unspecified atom stereocenters. The maximum atomic E-state index is 13.1. The molecule has 0 aliphatic heterocycles. The molecule has 10 aromatic rings. The Morgan fingerprint density at radius 3 is 1.30 bits per heavy atom. The maximum Gasteiger partial charge on any atom is 0.461 e. The smallest absolute Gasteiger partial charge is 0.461 e. The van der Waals surface area contributed by atoms with Crippen molar-refractivity contribution in [2.45, 2.75) is 0 Å². The van der Waals surface area contributed by atoms with E-state index in [-0.39, 0.29) is 67.3 Å². The van der Waals surface area contributed by atoms with Crippen LogP contribution in [0.1, 0.15) is 0 Å². The summed E-state index contributed by atoms with van der Waals surface area (Å²) in [5.41, 5.74) is 7.81. The van der Waals surface area contributed by atoms with Crippen molar-refractivity contribution in [3.63, 3.8) is 0 Å². The van der Waals surface area contributed by atoms with Crippen molar-refractivity contribution in [3.8, 4) is 11.5 Å². The van der Waals surface area contributed by atoms with Crippen LogP contribution in [0.5, 0.6) is 11.5 Å². The van der Waals surface area contributed by atoms with Gasteiger partial charge in [0.05, 0.1) is 35.1 Å². The number of nitrogens with zero attached hydrogens (tertiary/aromatic N) is 18. The predicted molar refractivity (Wildman–Crippen MR) is 319 cm³/mol. The van der Waals surface area contributed by atoms with Crippen LogP contribution < -0.4 is 60.1 Å². The third-order valence-electron chi connectivity index (χ3n) is 11.6. The molecule has 0 aliphatic rings. The lowest BCUT2D eigenvalue weighted by molar-refractivity contribution is -0.672. The Morgan fingerprint density at radius 2 is 0.831 bits per heavy atom. The molecule has 5 aromatic heterocycles. The fourth-order valence-electron chi connectivity index (χ4n) is 7.31. The number of anilines is 4. The maximum absolute atomic E-state index is 13.1. The molecule has 5 aromatic carbocycles. The molecule has 0 amide bonds. The zero-order valence-corrected chi connectivity index (χ0v) is 50.2. The second kappa shape index (κ2) is 33.2. The monoisotopic (exact) mass is 1260 g/mol. The highest BCUT2D eigenvalue weighted by molar-refractivity contribution is 6.28. The molecule has 0 spiro atoms. The predicted octanol–water partition coefficient (Wildman–Crippen LogP) is 1.18. The molecule has 0 bridgehead atoms. The first-order valence-electron chi connectivity index (χ1n) is 26.6. The Bertz CT molecular complexity index is 3870. The third-order valence-corrected chi connectivity index (χ3v) is 11.8. The van der Waals surface area contributed by atoms with Gasteiger partial charge in [-0.25, -0.2) is 37.8 Å². The van der Waals surface area contributed by atoms with Crippen LogP contribution >= 0.6 is 11.6 Å². The van der Waals surface area contributed by atoms with Crippen molar-refractivity contribution in [1.29, 1.82) is 0 Å². The lowest BCUT2D eigenvalue weighted by Crippen LogP contribution is -2.44. The standard InChI is InChI=1S/C14H21N5O4.C14H21N5O3.C11H14FN5O.C7H3ClFN3O.C7H5FN4O/c1-17(2)7-6-15-14-16-19(21)12-5-4-11(23-9-8-22-3)10-13(12)18(14)20;1-18(2)7-6-15-14-16-12-10-11(22-9-8-21-3)4-5-13(12)19(20)17-14;1-16(2)6-5-13-11-14-9-7-8(12)3-4-10(9)17(18)15-11;8-7-10-5-3-4(9)1-2-6(5)12(13)11-7;8-4-1-2-6-5(3-4)10-7(9)11-12(6)13/h4-5,10H,6-9H2,1-3H3,(H,15,16);4-5,10H,6-9H2,1-3H3,(H,15,16,17);3-4,7H,5-6H2,1-2H3,(H,13,14,15);1-3H;1-3H,(H2,9,10,11). The minimum atomic E-state index is -0.470. The minimum Gasteiger partial charge on any atom is -0.739 e. The number of methoxy groups -OCH3 is 2. The van der Waals surface area contributed by atoms with Crippen molar-refractivity contribution in [2.24, 2.45) is 0 Å². The quantitative estimate of drug-likeness (QED) is 0.0473. The lowest BCUT2D eigenvalue weighted by atomic mass is 10.3. The molecule has 5 heterocycles. The highest BCUT2D eigenvalue weighted by atomic mass is 35.5. The summed E-state index contributed by atoms with van der Waals surface area (Å²) < 4.78 is 59.9. The SMILES string of the molecule is CN(C)CCNc1nc2cc(F)ccc2[n+]([O-])n1.COCCOc1ccc2c(c1)[n+]([O-])c(NCCN(C)C)n[n+]2[O-].COCCOc1ccc2c(c1)nc(NCCN(C)C)n[n+]2[O-].Nc1nc2cc(F)ccc2[n+]([O-])n1.[O-][n+]1nc(Cl)nc2cc(F)ccc21. The molecule has 89 heavy (non-hydrogen) atoms. The van der Waals surface area contributed by atoms with Crippen molar-refractivity contribution in [3.05, 3.63) is 145 Å². The van der Waals surface area contributed by atoms with Crippen LogP contribution in [0.2, 0.25) is 5.28 Å².